The maximum Gasteiger partial charge on any atom is 0.338 e. The third-order valence-corrected chi connectivity index (χ3v) is 19.7. The second-order valence-corrected chi connectivity index (χ2v) is 24.3. The van der Waals surface area contributed by atoms with Gasteiger partial charge in [-0.15, -0.1) is 0 Å². The van der Waals surface area contributed by atoms with E-state index < -0.39 is 75.9 Å². The van der Waals surface area contributed by atoms with E-state index in [0.717, 1.165) is 42.1 Å². The average Bonchev–Trinajstić information content (AvgIpc) is 3.90. The van der Waals surface area contributed by atoms with Gasteiger partial charge in [0.05, 0.1) is 36.2 Å². The average molecular weight is 766 g/mol. The predicted molar refractivity (Wildman–Crippen MR) is 206 cm³/mol. The fraction of sp³-hybridized carbons (Fsp3) is 0.714. The van der Waals surface area contributed by atoms with E-state index in [1.54, 1.807) is 18.2 Å². The van der Waals surface area contributed by atoms with Crippen molar-refractivity contribution in [3.63, 3.8) is 0 Å². The van der Waals surface area contributed by atoms with Crippen molar-refractivity contribution in [3.8, 4) is 0 Å². The molecule has 4 aliphatic carbocycles. The monoisotopic (exact) mass is 765 g/mol. The van der Waals surface area contributed by atoms with Crippen LogP contribution >= 0.6 is 0 Å². The van der Waals surface area contributed by atoms with Gasteiger partial charge in [0.2, 0.25) is 9.04 Å². The standard InChI is InChI=1S/C42H61O9Si2/c1-11-31-46-33-32-26(5)29(50-53(12-2,13-3)14-4)24-42(39(32,6)7,51-52(9)10)36(48-37(43)27-18-16-15-17-19-27)34-40(8,35(33)47-31)23-22-30-41(34,25-45-30)49-38(44)28-20-21-28/h11,15-19,28-31,33-36H,1,12-14,20-25H2,2-10H3/t29-,30+,31?,33+,34-,35+,36-,40+,41-,42+/m0/s1. The third-order valence-electron chi connectivity index (χ3n) is 14.2. The normalized spacial score (nSPS) is 38.8. The number of carbonyl (C=O) groups excluding carboxylic acids is 2. The summed E-state index contributed by atoms with van der Waals surface area (Å²) in [7, 11) is -3.63. The van der Waals surface area contributed by atoms with Crippen molar-refractivity contribution in [3.05, 3.63) is 59.7 Å². The van der Waals surface area contributed by atoms with Crippen LogP contribution in [0.2, 0.25) is 31.2 Å². The summed E-state index contributed by atoms with van der Waals surface area (Å²) in [5, 5.41) is 0. The molecule has 0 aromatic heterocycles. The molecule has 3 saturated carbocycles. The molecule has 1 radical (unpaired) electrons. The van der Waals surface area contributed by atoms with Crippen molar-refractivity contribution in [1.82, 2.24) is 0 Å². The molecule has 7 rings (SSSR count). The molecular formula is C42H61O9Si2. The molecule has 0 N–H and O–H groups in total. The molecule has 53 heavy (non-hydrogen) atoms. The molecule has 1 aromatic rings. The van der Waals surface area contributed by atoms with Crippen LogP contribution < -0.4 is 0 Å². The summed E-state index contributed by atoms with van der Waals surface area (Å²) in [6.07, 6.45) is 2.12. The molecule has 291 valence electrons. The van der Waals surface area contributed by atoms with E-state index in [2.05, 4.69) is 68.1 Å². The van der Waals surface area contributed by atoms with Crippen LogP contribution in [-0.2, 0) is 37.3 Å². The van der Waals surface area contributed by atoms with Gasteiger partial charge >= 0.3 is 11.9 Å². The van der Waals surface area contributed by atoms with Gasteiger partial charge in [0.1, 0.15) is 23.9 Å². The zero-order chi connectivity index (χ0) is 38.1. The van der Waals surface area contributed by atoms with Gasteiger partial charge < -0.3 is 32.5 Å². The third kappa shape index (κ3) is 6.10. The van der Waals surface area contributed by atoms with Crippen LogP contribution in [0.5, 0.6) is 0 Å². The summed E-state index contributed by atoms with van der Waals surface area (Å²) >= 11 is 0. The zero-order valence-corrected chi connectivity index (χ0v) is 35.3. The largest absolute Gasteiger partial charge is 0.455 e. The van der Waals surface area contributed by atoms with E-state index in [1.165, 1.54) is 0 Å². The Morgan fingerprint density at radius 3 is 2.26 bits per heavy atom. The lowest BCUT2D eigenvalue weighted by Crippen LogP contribution is -2.80. The van der Waals surface area contributed by atoms with Gasteiger partial charge in [-0.25, -0.2) is 4.79 Å². The number of carbonyl (C=O) groups is 2. The van der Waals surface area contributed by atoms with Crippen LogP contribution in [0.4, 0.5) is 0 Å². The molecule has 2 bridgehead atoms. The van der Waals surface area contributed by atoms with Crippen molar-refractivity contribution in [2.75, 3.05) is 6.61 Å². The Hall–Kier alpha value is -2.13. The van der Waals surface area contributed by atoms with Crippen molar-refractivity contribution in [1.29, 1.82) is 0 Å². The molecular weight excluding hydrogens is 705 g/mol. The summed E-state index contributed by atoms with van der Waals surface area (Å²) < 4.78 is 49.3. The topological polar surface area (TPSA) is 98.8 Å². The van der Waals surface area contributed by atoms with Gasteiger partial charge in [0.25, 0.3) is 0 Å². The highest BCUT2D eigenvalue weighted by Crippen LogP contribution is 2.68. The van der Waals surface area contributed by atoms with Gasteiger partial charge in [0, 0.05) is 17.3 Å². The Bertz CT molecular complexity index is 1600. The van der Waals surface area contributed by atoms with Gasteiger partial charge in [-0.2, -0.15) is 0 Å². The molecule has 2 aliphatic heterocycles. The Morgan fingerprint density at radius 2 is 1.70 bits per heavy atom. The second kappa shape index (κ2) is 14.1. The lowest BCUT2D eigenvalue weighted by atomic mass is 9.45. The fourth-order valence-electron chi connectivity index (χ4n) is 10.9. The molecule has 5 fully saturated rings. The summed E-state index contributed by atoms with van der Waals surface area (Å²) in [6.45, 7) is 24.3. The fourth-order valence-corrected chi connectivity index (χ4v) is 15.0. The van der Waals surface area contributed by atoms with Crippen molar-refractivity contribution in [2.45, 2.75) is 160 Å². The van der Waals surface area contributed by atoms with Crippen LogP contribution in [0, 0.1) is 22.7 Å². The van der Waals surface area contributed by atoms with Crippen molar-refractivity contribution in [2.24, 2.45) is 22.7 Å². The quantitative estimate of drug-likeness (QED) is 0.119. The first kappa shape index (κ1) is 39.1. The molecule has 1 aromatic carbocycles. The Morgan fingerprint density at radius 1 is 1.02 bits per heavy atom. The van der Waals surface area contributed by atoms with E-state index in [9.17, 15) is 9.59 Å². The number of rotatable bonds is 12. The summed E-state index contributed by atoms with van der Waals surface area (Å²) in [4.78, 5) is 28.6. The lowest BCUT2D eigenvalue weighted by Gasteiger charge is -2.69. The van der Waals surface area contributed by atoms with Gasteiger partial charge in [0.15, 0.2) is 20.2 Å². The molecule has 11 heteroatoms. The maximum atomic E-state index is 14.7. The van der Waals surface area contributed by atoms with Gasteiger partial charge in [-0.3, -0.25) is 4.79 Å². The Kier molecular flexibility index (Phi) is 10.4. The van der Waals surface area contributed by atoms with Crippen LogP contribution in [-0.4, -0.2) is 83.9 Å². The SMILES string of the molecule is C=CC1O[C@@H]2C3=C(C)[C@@H](O[Si](CC)(CC)CC)C[C@@](O[Si](C)C)([C@@H](OC(=O)c4ccccc4)[C@H]4[C@@](C)(CC[C@H]5OC[C@]54OC(=O)C4CC4)[C@@H]2O1)C3(C)C. The first-order valence-corrected chi connectivity index (χ1v) is 25.0. The molecule has 10 atom stereocenters. The van der Waals surface area contributed by atoms with E-state index in [1.807, 2.05) is 18.2 Å². The van der Waals surface area contributed by atoms with Crippen molar-refractivity contribution < 1.29 is 42.1 Å². The van der Waals surface area contributed by atoms with Crippen LogP contribution in [0.3, 0.4) is 0 Å². The molecule has 0 spiro atoms. The first-order chi connectivity index (χ1) is 25.2. The number of ether oxygens (including phenoxy) is 5. The van der Waals surface area contributed by atoms with Gasteiger partial charge in [-0.1, -0.05) is 66.3 Å². The molecule has 9 nitrogen and oxygen atoms in total. The van der Waals surface area contributed by atoms with E-state index in [4.69, 9.17) is 32.5 Å². The minimum Gasteiger partial charge on any atom is -0.455 e. The van der Waals surface area contributed by atoms with Gasteiger partial charge in [-0.05, 0) is 93.2 Å². The summed E-state index contributed by atoms with van der Waals surface area (Å²) in [6, 6.07) is 12.2. The first-order valence-electron chi connectivity index (χ1n) is 20.1. The minimum atomic E-state index is -2.18. The highest BCUT2D eigenvalue weighted by Gasteiger charge is 2.77. The number of esters is 2. The smallest absolute Gasteiger partial charge is 0.338 e. The molecule has 1 unspecified atom stereocenters. The predicted octanol–water partition coefficient (Wildman–Crippen LogP) is 8.17. The number of hydrogen-bond donors (Lipinski definition) is 0. The molecule has 2 heterocycles. The van der Waals surface area contributed by atoms with Crippen LogP contribution in [0.25, 0.3) is 0 Å². The number of fused-ring (bicyclic) bond motifs is 8. The summed E-state index contributed by atoms with van der Waals surface area (Å²) in [5.41, 5.74) is -0.884. The Balaban J connectivity index is 1.53. The molecule has 6 aliphatic rings. The Labute approximate surface area is 319 Å². The molecule has 0 amide bonds. The highest BCUT2D eigenvalue weighted by molar-refractivity contribution is 6.73. The highest BCUT2D eigenvalue weighted by atomic mass is 28.4. The number of benzene rings is 1. The molecule has 2 saturated heterocycles. The zero-order valence-electron chi connectivity index (χ0n) is 33.3. The maximum absolute atomic E-state index is 14.7. The number of hydrogen-bond acceptors (Lipinski definition) is 9. The van der Waals surface area contributed by atoms with Crippen molar-refractivity contribution >= 4 is 29.3 Å². The van der Waals surface area contributed by atoms with E-state index in [-0.39, 0.29) is 30.7 Å². The van der Waals surface area contributed by atoms with Crippen LogP contribution in [0.15, 0.2) is 54.1 Å². The second-order valence-electron chi connectivity index (χ2n) is 17.6. The minimum absolute atomic E-state index is 0.121. The van der Waals surface area contributed by atoms with E-state index in [0.29, 0.717) is 24.8 Å². The summed E-state index contributed by atoms with van der Waals surface area (Å²) in [5.74, 6) is -1.30. The van der Waals surface area contributed by atoms with Crippen LogP contribution in [0.1, 0.15) is 90.9 Å². The van der Waals surface area contributed by atoms with E-state index >= 15 is 0 Å². The lowest BCUT2D eigenvalue weighted by molar-refractivity contribution is -0.344.